The van der Waals surface area contributed by atoms with E-state index in [4.69, 9.17) is 33.0 Å². The van der Waals surface area contributed by atoms with Crippen LogP contribution in [0.3, 0.4) is 0 Å². The van der Waals surface area contributed by atoms with Gasteiger partial charge in [-0.3, -0.25) is 19.2 Å². The first-order valence-electron chi connectivity index (χ1n) is 20.6. The highest BCUT2D eigenvalue weighted by atomic mass is 35.5. The molecule has 2 aliphatic rings. The Morgan fingerprint density at radius 1 is 0.950 bits per heavy atom. The summed E-state index contributed by atoms with van der Waals surface area (Å²) in [5, 5.41) is 20.7. The van der Waals surface area contributed by atoms with Gasteiger partial charge in [0.1, 0.15) is 11.4 Å². The third-order valence-corrected chi connectivity index (χ3v) is 13.2. The van der Waals surface area contributed by atoms with Crippen LogP contribution in [-0.4, -0.2) is 79.5 Å². The number of halogens is 2. The van der Waals surface area contributed by atoms with Gasteiger partial charge in [0.2, 0.25) is 5.91 Å². The van der Waals surface area contributed by atoms with Crippen LogP contribution in [0, 0.1) is 27.7 Å². The Balaban J connectivity index is 1.25. The summed E-state index contributed by atoms with van der Waals surface area (Å²) in [6.45, 7) is 12.6. The van der Waals surface area contributed by atoms with Crippen molar-refractivity contribution in [3.63, 3.8) is 0 Å². The van der Waals surface area contributed by atoms with Crippen molar-refractivity contribution in [2.45, 2.75) is 72.8 Å². The number of nitrogens with one attached hydrogen (secondary N) is 1. The third-order valence-electron chi connectivity index (χ3n) is 12.2. The number of carbonyl (C=O) groups is 3. The zero-order chi connectivity index (χ0) is 42.7. The number of hydrogen-bond donors (Lipinski definition) is 2. The van der Waals surface area contributed by atoms with Crippen molar-refractivity contribution in [2.75, 3.05) is 43.0 Å². The summed E-state index contributed by atoms with van der Waals surface area (Å²) in [5.41, 5.74) is 9.32. The lowest BCUT2D eigenvalue weighted by molar-refractivity contribution is -0.117. The molecule has 1 atom stereocenters. The third kappa shape index (κ3) is 7.32. The van der Waals surface area contributed by atoms with E-state index in [-0.39, 0.29) is 36.5 Å². The number of amides is 2. The van der Waals surface area contributed by atoms with Gasteiger partial charge in [-0.05, 0) is 120 Å². The van der Waals surface area contributed by atoms with Crippen molar-refractivity contribution in [3.8, 4) is 16.9 Å². The maximum atomic E-state index is 15.5. The van der Waals surface area contributed by atoms with Gasteiger partial charge in [0.15, 0.2) is 0 Å². The van der Waals surface area contributed by atoms with E-state index in [1.165, 1.54) is 0 Å². The van der Waals surface area contributed by atoms with Gasteiger partial charge in [0, 0.05) is 71.2 Å². The highest BCUT2D eigenvalue weighted by molar-refractivity contribution is 6.35. The molecule has 0 spiro atoms. The molecule has 0 bridgehead atoms. The van der Waals surface area contributed by atoms with Gasteiger partial charge >= 0.3 is 5.97 Å². The molecule has 0 radical (unpaired) electrons. The molecule has 2 N–H and O–H groups in total. The second-order valence-corrected chi connectivity index (χ2v) is 17.3. The van der Waals surface area contributed by atoms with Crippen LogP contribution in [0.15, 0.2) is 42.6 Å². The Hall–Kier alpha value is -5.30. The number of fused-ring (bicyclic) bond motifs is 4. The predicted molar refractivity (Wildman–Crippen MR) is 239 cm³/mol. The zero-order valence-corrected chi connectivity index (χ0v) is 36.7. The molecular weight excluding hydrogens is 801 g/mol. The van der Waals surface area contributed by atoms with Gasteiger partial charge in [-0.2, -0.15) is 5.10 Å². The van der Waals surface area contributed by atoms with Gasteiger partial charge in [0.25, 0.3) is 5.91 Å². The Morgan fingerprint density at radius 2 is 1.67 bits per heavy atom. The molecule has 1 saturated heterocycles. The van der Waals surface area contributed by atoms with Crippen molar-refractivity contribution in [1.82, 2.24) is 23.8 Å². The van der Waals surface area contributed by atoms with Crippen molar-refractivity contribution >= 4 is 74.2 Å². The Morgan fingerprint density at radius 3 is 2.33 bits per heavy atom. The number of aromatic carboxylic acids is 1. The second kappa shape index (κ2) is 16.3. The van der Waals surface area contributed by atoms with Gasteiger partial charge in [-0.1, -0.05) is 35.7 Å². The van der Waals surface area contributed by atoms with Crippen LogP contribution in [0.5, 0.6) is 5.75 Å². The highest BCUT2D eigenvalue weighted by Crippen LogP contribution is 2.46. The fourth-order valence-corrected chi connectivity index (χ4v) is 9.79. The van der Waals surface area contributed by atoms with E-state index in [9.17, 15) is 14.7 Å². The number of piperidine rings is 1. The molecule has 5 heterocycles. The number of ether oxygens (including phenoxy) is 1. The first-order chi connectivity index (χ1) is 28.6. The van der Waals surface area contributed by atoms with E-state index in [1.54, 1.807) is 34.8 Å². The monoisotopic (exact) mass is 851 g/mol. The summed E-state index contributed by atoms with van der Waals surface area (Å²) in [5.74, 6) is -0.782. The smallest absolute Gasteiger partial charge is 0.337 e. The van der Waals surface area contributed by atoms with Crippen LogP contribution in [0.2, 0.25) is 10.0 Å². The molecule has 3 aromatic carbocycles. The van der Waals surface area contributed by atoms with E-state index in [2.05, 4.69) is 21.7 Å². The fourth-order valence-electron chi connectivity index (χ4n) is 9.43. The number of carboxylic acids is 1. The standard InChI is InChI=1S/C46H51Cl2N7O5/c1-25-18-31(19-26(2)41(25)48)60-17-11-12-32-33-13-14-36(47)40(39-28(4)50-52(7)29(39)5)43(33)55-27(3)22-54(45(57)44(32)55)37-21-30(49-38(56)24-53-15-9-8-10-16-53)20-34-35(46(58)59)23-51(6)42(34)37/h13-14,18-21,23,27H,8-12,15-17,22,24H2,1-7H3,(H,49,56)(H,58,59). The average molecular weight is 853 g/mol. The minimum Gasteiger partial charge on any atom is -0.494 e. The van der Waals surface area contributed by atoms with Gasteiger partial charge in [-0.15, -0.1) is 0 Å². The Labute approximate surface area is 359 Å². The van der Waals surface area contributed by atoms with Crippen LogP contribution in [0.1, 0.15) is 87.6 Å². The molecule has 314 valence electrons. The largest absolute Gasteiger partial charge is 0.494 e. The molecule has 2 amide bonds. The van der Waals surface area contributed by atoms with Gasteiger partial charge in [-0.25, -0.2) is 4.79 Å². The van der Waals surface area contributed by atoms with Crippen LogP contribution >= 0.6 is 23.2 Å². The summed E-state index contributed by atoms with van der Waals surface area (Å²) in [7, 11) is 3.70. The lowest BCUT2D eigenvalue weighted by Crippen LogP contribution is -2.43. The molecule has 1 unspecified atom stereocenters. The molecule has 0 saturated carbocycles. The predicted octanol–water partition coefficient (Wildman–Crippen LogP) is 9.43. The summed E-state index contributed by atoms with van der Waals surface area (Å²) in [6.07, 6.45) is 5.95. The maximum Gasteiger partial charge on any atom is 0.337 e. The first kappa shape index (κ1) is 41.4. The van der Waals surface area contributed by atoms with Crippen LogP contribution < -0.4 is 15.0 Å². The number of carbonyl (C=O) groups excluding carboxylic acids is 2. The summed E-state index contributed by atoms with van der Waals surface area (Å²) in [4.78, 5) is 45.4. The normalized spacial score (nSPS) is 15.9. The lowest BCUT2D eigenvalue weighted by atomic mass is 9.98. The fraction of sp³-hybridized carbons (Fsp3) is 0.391. The molecule has 8 rings (SSSR count). The number of aryl methyl sites for hydroxylation is 6. The SMILES string of the molecule is Cc1cc(OCCCc2c3n(c4c(-c5c(C)nn(C)c5C)c(Cl)ccc24)C(C)CN(c2cc(NC(=O)CN4CCCCC4)cc4c(C(=O)O)cn(C)c24)C3=O)cc(C)c1Cl. The van der Waals surface area contributed by atoms with Crippen molar-refractivity contribution in [1.29, 1.82) is 0 Å². The molecule has 1 fully saturated rings. The van der Waals surface area contributed by atoms with Crippen LogP contribution in [-0.2, 0) is 25.3 Å². The molecule has 12 nitrogen and oxygen atoms in total. The quantitative estimate of drug-likeness (QED) is 0.124. The lowest BCUT2D eigenvalue weighted by Gasteiger charge is -2.35. The molecule has 6 aromatic rings. The number of likely N-dealkylation sites (tertiary alicyclic amines) is 1. The number of aromatic nitrogens is 4. The summed E-state index contributed by atoms with van der Waals surface area (Å²) < 4.78 is 12.0. The molecule has 14 heteroatoms. The van der Waals surface area contributed by atoms with Crippen LogP contribution in [0.25, 0.3) is 32.9 Å². The van der Waals surface area contributed by atoms with E-state index in [1.807, 2.05) is 63.7 Å². The summed E-state index contributed by atoms with van der Waals surface area (Å²) in [6, 6.07) is 11.0. The minimum absolute atomic E-state index is 0.0840. The van der Waals surface area contributed by atoms with Crippen molar-refractivity contribution in [3.05, 3.63) is 92.0 Å². The zero-order valence-electron chi connectivity index (χ0n) is 35.2. The van der Waals surface area contributed by atoms with E-state index < -0.39 is 5.97 Å². The average Bonchev–Trinajstić information content (AvgIpc) is 3.81. The number of nitrogens with zero attached hydrogens (tertiary/aromatic N) is 6. The minimum atomic E-state index is -1.10. The number of anilines is 2. The first-order valence-corrected chi connectivity index (χ1v) is 21.4. The Kier molecular flexibility index (Phi) is 11.2. The van der Waals surface area contributed by atoms with Crippen molar-refractivity contribution in [2.24, 2.45) is 14.1 Å². The molecular formula is C46H51Cl2N7O5. The van der Waals surface area contributed by atoms with Crippen molar-refractivity contribution < 1.29 is 24.2 Å². The van der Waals surface area contributed by atoms with E-state index in [0.29, 0.717) is 52.4 Å². The molecule has 60 heavy (non-hydrogen) atoms. The van der Waals surface area contributed by atoms with Crippen LogP contribution in [0.4, 0.5) is 11.4 Å². The number of rotatable bonds is 11. The van der Waals surface area contributed by atoms with E-state index >= 15 is 4.79 Å². The second-order valence-electron chi connectivity index (χ2n) is 16.5. The number of hydrogen-bond acceptors (Lipinski definition) is 6. The topological polar surface area (TPSA) is 127 Å². The highest BCUT2D eigenvalue weighted by Gasteiger charge is 2.38. The van der Waals surface area contributed by atoms with Gasteiger partial charge in [0.05, 0.1) is 46.2 Å². The van der Waals surface area contributed by atoms with Gasteiger partial charge < -0.3 is 29.2 Å². The number of carboxylic acid groups (broad SMARTS) is 1. The molecule has 0 aliphatic carbocycles. The maximum absolute atomic E-state index is 15.5. The molecule has 2 aliphatic heterocycles. The molecule has 3 aromatic heterocycles. The Bertz CT molecular complexity index is 2700. The van der Waals surface area contributed by atoms with E-state index in [0.717, 1.165) is 93.2 Å². The summed E-state index contributed by atoms with van der Waals surface area (Å²) >= 11 is 13.6. The number of benzene rings is 3.